The lowest BCUT2D eigenvalue weighted by molar-refractivity contribution is -0.117. The van der Waals surface area contributed by atoms with E-state index in [9.17, 15) is 14.4 Å². The average molecular weight is 580 g/mol. The molecule has 4 aliphatic heterocycles. The molecule has 10 heteroatoms. The van der Waals surface area contributed by atoms with Crippen LogP contribution in [0.25, 0.3) is 0 Å². The summed E-state index contributed by atoms with van der Waals surface area (Å²) in [5, 5.41) is 1.59. The van der Waals surface area contributed by atoms with E-state index in [4.69, 9.17) is 0 Å². The van der Waals surface area contributed by atoms with Crippen molar-refractivity contribution in [3.63, 3.8) is 0 Å². The van der Waals surface area contributed by atoms with Crippen molar-refractivity contribution in [2.45, 2.75) is 0 Å². The van der Waals surface area contributed by atoms with E-state index >= 15 is 0 Å². The number of carbonyl (C=O) groups excluding carboxylic acids is 3. The number of amides is 3. The Morgan fingerprint density at radius 1 is 0.634 bits per heavy atom. The molecule has 0 aliphatic carbocycles. The summed E-state index contributed by atoms with van der Waals surface area (Å²) < 4.78 is 0. The summed E-state index contributed by atoms with van der Waals surface area (Å²) in [4.78, 5) is 48.5. The van der Waals surface area contributed by atoms with E-state index < -0.39 is 0 Å². The van der Waals surface area contributed by atoms with Crippen molar-refractivity contribution in [1.82, 2.24) is 4.90 Å². The molecule has 3 aromatic rings. The number of para-hydroxylation sites is 2. The van der Waals surface area contributed by atoms with E-state index in [2.05, 4.69) is 15.0 Å². The fourth-order valence-electron chi connectivity index (χ4n) is 3.98. The first-order valence-electron chi connectivity index (χ1n) is 12.7. The molecular formula is C31H25N5O3S2. The molecule has 3 aromatic carbocycles. The Hall–Kier alpha value is -4.54. The standard InChI is InChI=1S/C15H12N2OS.C9H7NOS.C7H6N2O/c18-14-11-19-15(16-14)17(12-7-3-1-4-8-12)13-9-5-2-6-10-13;11-8-6-12-9(10-8)7-4-2-1-3-5-7;10-7-5-9-4-2-1-3-6(9)8-7/h1-10H,11H2;1-5H,6H2;1-4H,5H2. The average Bonchev–Trinajstić information content (AvgIpc) is 3.74. The third-order valence-corrected chi connectivity index (χ3v) is 7.72. The highest BCUT2D eigenvalue weighted by Crippen LogP contribution is 2.31. The van der Waals surface area contributed by atoms with Crippen LogP contribution >= 0.6 is 23.5 Å². The zero-order valence-electron chi connectivity index (χ0n) is 21.9. The van der Waals surface area contributed by atoms with Crippen LogP contribution in [0.3, 0.4) is 0 Å². The molecule has 0 saturated carbocycles. The van der Waals surface area contributed by atoms with Crippen molar-refractivity contribution >= 4 is 68.7 Å². The van der Waals surface area contributed by atoms with Crippen molar-refractivity contribution in [3.05, 3.63) is 121 Å². The molecule has 3 amide bonds. The van der Waals surface area contributed by atoms with Crippen LogP contribution in [-0.2, 0) is 14.4 Å². The molecule has 0 bridgehead atoms. The minimum absolute atomic E-state index is 0.0288. The number of hydrogen-bond donors (Lipinski definition) is 0. The van der Waals surface area contributed by atoms with Gasteiger partial charge in [0.2, 0.25) is 0 Å². The maximum atomic E-state index is 11.4. The van der Waals surface area contributed by atoms with Gasteiger partial charge in [-0.15, -0.1) is 0 Å². The largest absolute Gasteiger partial charge is 0.323 e. The quantitative estimate of drug-likeness (QED) is 0.406. The van der Waals surface area contributed by atoms with E-state index in [1.807, 2.05) is 125 Å². The van der Waals surface area contributed by atoms with Crippen LogP contribution in [0.15, 0.2) is 130 Å². The first kappa shape index (κ1) is 28.0. The van der Waals surface area contributed by atoms with Crippen molar-refractivity contribution in [3.8, 4) is 0 Å². The van der Waals surface area contributed by atoms with Crippen molar-refractivity contribution in [2.75, 3.05) is 23.0 Å². The molecule has 7 rings (SSSR count). The molecule has 4 aliphatic rings. The minimum Gasteiger partial charge on any atom is -0.323 e. The van der Waals surface area contributed by atoms with Crippen LogP contribution in [-0.4, -0.2) is 56.7 Å². The predicted molar refractivity (Wildman–Crippen MR) is 168 cm³/mol. The second kappa shape index (κ2) is 13.7. The lowest BCUT2D eigenvalue weighted by Crippen LogP contribution is -2.22. The molecule has 0 unspecified atom stereocenters. The predicted octanol–water partition coefficient (Wildman–Crippen LogP) is 5.47. The lowest BCUT2D eigenvalue weighted by atomic mass is 10.2. The van der Waals surface area contributed by atoms with Crippen molar-refractivity contribution in [1.29, 1.82) is 0 Å². The highest BCUT2D eigenvalue weighted by molar-refractivity contribution is 8.15. The second-order valence-corrected chi connectivity index (χ2v) is 10.6. The Bertz CT molecular complexity index is 1530. The lowest BCUT2D eigenvalue weighted by Gasteiger charge is -2.23. The smallest absolute Gasteiger partial charge is 0.267 e. The van der Waals surface area contributed by atoms with Crippen LogP contribution in [0.5, 0.6) is 0 Å². The second-order valence-electron chi connectivity index (χ2n) is 8.74. The number of aliphatic imine (C=N–C) groups is 3. The topological polar surface area (TPSA) is 94.8 Å². The van der Waals surface area contributed by atoms with Gasteiger partial charge in [0.15, 0.2) is 5.17 Å². The van der Waals surface area contributed by atoms with Gasteiger partial charge in [-0.1, -0.05) is 96.3 Å². The molecule has 0 aromatic heterocycles. The van der Waals surface area contributed by atoms with E-state index in [1.54, 1.807) is 0 Å². The molecular weight excluding hydrogens is 555 g/mol. The molecule has 0 N–H and O–H groups in total. The van der Waals surface area contributed by atoms with E-state index in [0.717, 1.165) is 33.0 Å². The molecule has 0 saturated heterocycles. The number of hydrogen-bond acceptors (Lipinski definition) is 7. The summed E-state index contributed by atoms with van der Waals surface area (Å²) >= 11 is 2.98. The normalized spacial score (nSPS) is 16.6. The number of carbonyl (C=O) groups is 3. The highest BCUT2D eigenvalue weighted by atomic mass is 32.2. The van der Waals surface area contributed by atoms with Gasteiger partial charge in [0.05, 0.1) is 11.5 Å². The Balaban J connectivity index is 0.000000132. The molecule has 0 fully saturated rings. The number of thioether (sulfide) groups is 2. The first-order valence-corrected chi connectivity index (χ1v) is 14.7. The molecule has 0 spiro atoms. The summed E-state index contributed by atoms with van der Waals surface area (Å²) in [5.41, 5.74) is 3.05. The Kier molecular flexibility index (Phi) is 9.35. The zero-order chi connectivity index (χ0) is 28.4. The van der Waals surface area contributed by atoms with Gasteiger partial charge in [-0.05, 0) is 36.4 Å². The van der Waals surface area contributed by atoms with Gasteiger partial charge in [0.25, 0.3) is 17.7 Å². The summed E-state index contributed by atoms with van der Waals surface area (Å²) in [5.74, 6) is 1.50. The zero-order valence-corrected chi connectivity index (χ0v) is 23.5. The number of allylic oxidation sites excluding steroid dienone is 2. The number of amidine groups is 2. The van der Waals surface area contributed by atoms with Gasteiger partial charge in [-0.25, -0.2) is 4.99 Å². The number of anilines is 2. The summed E-state index contributed by atoms with van der Waals surface area (Å²) in [6.07, 6.45) is 7.43. The Morgan fingerprint density at radius 2 is 1.22 bits per heavy atom. The third-order valence-electron chi connectivity index (χ3n) is 5.81. The van der Waals surface area contributed by atoms with Crippen LogP contribution in [0, 0.1) is 0 Å². The third kappa shape index (κ3) is 7.56. The van der Waals surface area contributed by atoms with Crippen LogP contribution < -0.4 is 4.90 Å². The van der Waals surface area contributed by atoms with Crippen LogP contribution in [0.2, 0.25) is 0 Å². The highest BCUT2D eigenvalue weighted by Gasteiger charge is 2.23. The molecule has 204 valence electrons. The van der Waals surface area contributed by atoms with Crippen LogP contribution in [0.1, 0.15) is 5.56 Å². The number of benzene rings is 3. The molecule has 4 heterocycles. The van der Waals surface area contributed by atoms with E-state index in [0.29, 0.717) is 18.1 Å². The molecule has 41 heavy (non-hydrogen) atoms. The van der Waals surface area contributed by atoms with E-state index in [-0.39, 0.29) is 17.7 Å². The fraction of sp³-hybridized carbons (Fsp3) is 0.0968. The minimum atomic E-state index is -0.0723. The van der Waals surface area contributed by atoms with Gasteiger partial charge >= 0.3 is 0 Å². The Morgan fingerprint density at radius 3 is 1.76 bits per heavy atom. The van der Waals surface area contributed by atoms with Crippen molar-refractivity contribution in [2.24, 2.45) is 15.0 Å². The number of nitrogens with zero attached hydrogens (tertiary/aromatic N) is 5. The van der Waals surface area contributed by atoms with E-state index in [1.165, 1.54) is 23.5 Å². The van der Waals surface area contributed by atoms with Gasteiger partial charge in [-0.3, -0.25) is 19.3 Å². The van der Waals surface area contributed by atoms with Gasteiger partial charge in [0, 0.05) is 23.1 Å². The summed E-state index contributed by atoms with van der Waals surface area (Å²) in [6.45, 7) is 0.399. The van der Waals surface area contributed by atoms with Gasteiger partial charge < -0.3 is 4.90 Å². The number of rotatable bonds is 3. The SMILES string of the molecule is O=C1CN2C=CC=CC2=N1.O=C1CSC(N(c2ccccc2)c2ccccc2)=N1.O=C1CSC(c2ccccc2)=N1. The van der Waals surface area contributed by atoms with Crippen molar-refractivity contribution < 1.29 is 14.4 Å². The van der Waals surface area contributed by atoms with Gasteiger partial charge in [0.1, 0.15) is 17.4 Å². The van der Waals surface area contributed by atoms with Crippen LogP contribution in [0.4, 0.5) is 11.4 Å². The first-order chi connectivity index (χ1) is 20.1. The maximum Gasteiger partial charge on any atom is 0.267 e. The summed E-state index contributed by atoms with van der Waals surface area (Å²) in [7, 11) is 0. The molecule has 8 nitrogen and oxygen atoms in total. The fourth-order valence-corrected chi connectivity index (χ4v) is 5.60. The number of fused-ring (bicyclic) bond motifs is 1. The maximum absolute atomic E-state index is 11.4. The Labute approximate surface area is 246 Å². The molecule has 0 radical (unpaired) electrons. The summed E-state index contributed by atoms with van der Waals surface area (Å²) in [6, 6.07) is 29.7. The van der Waals surface area contributed by atoms with Gasteiger partial charge in [-0.2, -0.15) is 9.98 Å². The monoisotopic (exact) mass is 579 g/mol. The molecule has 0 atom stereocenters.